The summed E-state index contributed by atoms with van der Waals surface area (Å²) in [6, 6.07) is 18.2. The summed E-state index contributed by atoms with van der Waals surface area (Å²) in [7, 11) is 0. The van der Waals surface area contributed by atoms with Gasteiger partial charge in [0.15, 0.2) is 5.78 Å². The van der Waals surface area contributed by atoms with Crippen LogP contribution in [0.1, 0.15) is 42.2 Å². The quantitative estimate of drug-likeness (QED) is 0.596. The van der Waals surface area contributed by atoms with E-state index in [9.17, 15) is 9.59 Å². The largest absolute Gasteiger partial charge is 0.466 e. The van der Waals surface area contributed by atoms with E-state index in [0.29, 0.717) is 12.2 Å². The first kappa shape index (κ1) is 17.9. The van der Waals surface area contributed by atoms with Gasteiger partial charge in [0.1, 0.15) is 0 Å². The first-order valence-electron chi connectivity index (χ1n) is 8.17. The molecule has 4 heteroatoms. The molecule has 0 heterocycles. The fourth-order valence-corrected chi connectivity index (χ4v) is 2.56. The molecule has 0 aliphatic heterocycles. The normalized spacial score (nSPS) is 13.1. The topological polar surface area (TPSA) is 55.4 Å². The third-order valence-electron chi connectivity index (χ3n) is 3.80. The average molecular weight is 325 g/mol. The van der Waals surface area contributed by atoms with Crippen molar-refractivity contribution < 1.29 is 14.3 Å². The van der Waals surface area contributed by atoms with Gasteiger partial charge in [0, 0.05) is 11.6 Å². The number of esters is 1. The zero-order valence-electron chi connectivity index (χ0n) is 14.1. The number of carbonyl (C=O) groups is 2. The van der Waals surface area contributed by atoms with Crippen molar-refractivity contribution in [1.29, 1.82) is 0 Å². The van der Waals surface area contributed by atoms with E-state index in [-0.39, 0.29) is 24.2 Å². The summed E-state index contributed by atoms with van der Waals surface area (Å²) in [6.07, 6.45) is 0.0126. The van der Waals surface area contributed by atoms with Gasteiger partial charge < -0.3 is 10.1 Å². The molecule has 0 aliphatic carbocycles. The minimum atomic E-state index is -0.623. The summed E-state index contributed by atoms with van der Waals surface area (Å²) in [5, 5.41) is 3.27. The fraction of sp³-hybridized carbons (Fsp3) is 0.300. The summed E-state index contributed by atoms with van der Waals surface area (Å²) in [4.78, 5) is 24.7. The monoisotopic (exact) mass is 325 g/mol. The number of Topliss-reactive ketones (excluding diaryl/α,β-unsaturated/α-hetero) is 1. The lowest BCUT2D eigenvalue weighted by Gasteiger charge is -2.22. The van der Waals surface area contributed by atoms with Crippen LogP contribution in [0.5, 0.6) is 0 Å². The minimum Gasteiger partial charge on any atom is -0.466 e. The van der Waals surface area contributed by atoms with Crippen LogP contribution in [0.3, 0.4) is 0 Å². The predicted octanol–water partition coefficient (Wildman–Crippen LogP) is 3.54. The Labute approximate surface area is 142 Å². The van der Waals surface area contributed by atoms with E-state index >= 15 is 0 Å². The van der Waals surface area contributed by atoms with Crippen LogP contribution in [-0.4, -0.2) is 24.4 Å². The number of rotatable bonds is 8. The van der Waals surface area contributed by atoms with Crippen molar-refractivity contribution in [2.45, 2.75) is 32.4 Å². The van der Waals surface area contributed by atoms with E-state index in [1.807, 2.05) is 55.5 Å². The van der Waals surface area contributed by atoms with E-state index in [1.54, 1.807) is 19.1 Å². The molecule has 0 fully saturated rings. The fourth-order valence-electron chi connectivity index (χ4n) is 2.56. The number of nitrogens with one attached hydrogen (secondary N) is 1. The Balaban J connectivity index is 2.16. The summed E-state index contributed by atoms with van der Waals surface area (Å²) in [5.74, 6) is -0.481. The van der Waals surface area contributed by atoms with Crippen molar-refractivity contribution in [3.05, 3.63) is 71.8 Å². The number of ketones is 1. The molecule has 2 aromatic carbocycles. The summed E-state index contributed by atoms with van der Waals surface area (Å²) >= 11 is 0. The molecule has 0 aromatic heterocycles. The van der Waals surface area contributed by atoms with Gasteiger partial charge in [-0.3, -0.25) is 9.59 Å². The molecule has 2 rings (SSSR count). The third-order valence-corrected chi connectivity index (χ3v) is 3.80. The number of hydrogen-bond donors (Lipinski definition) is 1. The highest BCUT2D eigenvalue weighted by Gasteiger charge is 2.25. The molecule has 2 aromatic rings. The number of carbonyl (C=O) groups excluding carboxylic acids is 2. The first-order valence-corrected chi connectivity index (χ1v) is 8.17. The van der Waals surface area contributed by atoms with E-state index in [1.165, 1.54) is 0 Å². The highest BCUT2D eigenvalue weighted by atomic mass is 16.5. The number of benzene rings is 2. The van der Waals surface area contributed by atoms with Crippen molar-refractivity contribution in [3.8, 4) is 0 Å². The Kier molecular flexibility index (Phi) is 6.70. The standard InChI is InChI=1S/C20H23NO3/c1-3-24-19(22)14-18(20(23)17-12-8-5-9-13-17)21-15(2)16-10-6-4-7-11-16/h4-13,15,18,21H,3,14H2,1-2H3. The van der Waals surface area contributed by atoms with Crippen molar-refractivity contribution in [3.63, 3.8) is 0 Å². The highest BCUT2D eigenvalue weighted by molar-refractivity contribution is 6.01. The van der Waals surface area contributed by atoms with Crippen LogP contribution >= 0.6 is 0 Å². The third kappa shape index (κ3) is 5.03. The first-order chi connectivity index (χ1) is 11.6. The second kappa shape index (κ2) is 8.99. The lowest BCUT2D eigenvalue weighted by Crippen LogP contribution is -2.40. The molecule has 0 saturated carbocycles. The maximum atomic E-state index is 12.8. The SMILES string of the molecule is CCOC(=O)CC(NC(C)c1ccccc1)C(=O)c1ccccc1. The number of hydrogen-bond acceptors (Lipinski definition) is 4. The van der Waals surface area contributed by atoms with Gasteiger partial charge in [0.25, 0.3) is 0 Å². The molecular formula is C20H23NO3. The number of ether oxygens (including phenoxy) is 1. The Bertz CT molecular complexity index is 655. The van der Waals surface area contributed by atoms with E-state index in [2.05, 4.69) is 5.32 Å². The van der Waals surface area contributed by atoms with Crippen molar-refractivity contribution in [2.75, 3.05) is 6.61 Å². The van der Waals surface area contributed by atoms with Crippen LogP contribution < -0.4 is 5.32 Å². The van der Waals surface area contributed by atoms with Crippen molar-refractivity contribution in [2.24, 2.45) is 0 Å². The van der Waals surface area contributed by atoms with Crippen LogP contribution in [0.25, 0.3) is 0 Å². The smallest absolute Gasteiger partial charge is 0.307 e. The predicted molar refractivity (Wildman–Crippen MR) is 93.8 cm³/mol. The molecule has 24 heavy (non-hydrogen) atoms. The maximum absolute atomic E-state index is 12.8. The lowest BCUT2D eigenvalue weighted by atomic mass is 9.99. The molecule has 0 bridgehead atoms. The second-order valence-corrected chi connectivity index (χ2v) is 5.59. The molecule has 2 unspecified atom stereocenters. The lowest BCUT2D eigenvalue weighted by molar-refractivity contribution is -0.143. The van der Waals surface area contributed by atoms with E-state index in [4.69, 9.17) is 4.74 Å². The van der Waals surface area contributed by atoms with E-state index < -0.39 is 6.04 Å². The van der Waals surface area contributed by atoms with Crippen LogP contribution in [-0.2, 0) is 9.53 Å². The van der Waals surface area contributed by atoms with Crippen molar-refractivity contribution >= 4 is 11.8 Å². The van der Waals surface area contributed by atoms with Crippen LogP contribution in [0.2, 0.25) is 0 Å². The summed E-state index contributed by atoms with van der Waals surface area (Å²) in [5.41, 5.74) is 1.65. The molecule has 1 N–H and O–H groups in total. The molecule has 2 atom stereocenters. The average Bonchev–Trinajstić information content (AvgIpc) is 2.62. The molecule has 126 valence electrons. The molecule has 0 radical (unpaired) electrons. The Morgan fingerprint density at radius 2 is 1.58 bits per heavy atom. The summed E-state index contributed by atoms with van der Waals surface area (Å²) in [6.45, 7) is 4.04. The molecule has 4 nitrogen and oxygen atoms in total. The second-order valence-electron chi connectivity index (χ2n) is 5.59. The molecule has 0 saturated heterocycles. The van der Waals surface area contributed by atoms with Crippen LogP contribution in [0.4, 0.5) is 0 Å². The highest BCUT2D eigenvalue weighted by Crippen LogP contribution is 2.15. The van der Waals surface area contributed by atoms with Gasteiger partial charge in [-0.05, 0) is 19.4 Å². The van der Waals surface area contributed by atoms with Gasteiger partial charge in [-0.2, -0.15) is 0 Å². The van der Waals surface area contributed by atoms with E-state index in [0.717, 1.165) is 5.56 Å². The molecule has 0 amide bonds. The zero-order chi connectivity index (χ0) is 17.4. The maximum Gasteiger partial charge on any atom is 0.307 e. The Hall–Kier alpha value is -2.46. The van der Waals surface area contributed by atoms with Crippen LogP contribution in [0.15, 0.2) is 60.7 Å². The van der Waals surface area contributed by atoms with Gasteiger partial charge in [-0.1, -0.05) is 60.7 Å². The van der Waals surface area contributed by atoms with Gasteiger partial charge >= 0.3 is 5.97 Å². The molecule has 0 aliphatic rings. The van der Waals surface area contributed by atoms with Crippen molar-refractivity contribution in [1.82, 2.24) is 5.32 Å². The summed E-state index contributed by atoms with van der Waals surface area (Å²) < 4.78 is 5.01. The Morgan fingerprint density at radius 3 is 2.17 bits per heavy atom. The minimum absolute atomic E-state index is 0.0126. The van der Waals surface area contributed by atoms with Gasteiger partial charge in [-0.25, -0.2) is 0 Å². The zero-order valence-corrected chi connectivity index (χ0v) is 14.1. The van der Waals surface area contributed by atoms with Gasteiger partial charge in [0.05, 0.1) is 19.1 Å². The van der Waals surface area contributed by atoms with Gasteiger partial charge in [0.2, 0.25) is 0 Å². The Morgan fingerprint density at radius 1 is 1.00 bits per heavy atom. The van der Waals surface area contributed by atoms with Gasteiger partial charge in [-0.15, -0.1) is 0 Å². The molecular weight excluding hydrogens is 302 g/mol. The van der Waals surface area contributed by atoms with Crippen LogP contribution in [0, 0.1) is 0 Å². The molecule has 0 spiro atoms.